The molecule has 2 fully saturated rings. The number of amides is 3. The van der Waals surface area contributed by atoms with Crippen LogP contribution < -0.4 is 20.3 Å². The van der Waals surface area contributed by atoms with Crippen molar-refractivity contribution in [3.63, 3.8) is 0 Å². The van der Waals surface area contributed by atoms with E-state index >= 15 is 0 Å². The van der Waals surface area contributed by atoms with Crippen molar-refractivity contribution in [3.8, 4) is 28.1 Å². The number of aliphatic hydroxyl groups is 1. The van der Waals surface area contributed by atoms with E-state index in [1.807, 2.05) is 46.4 Å². The summed E-state index contributed by atoms with van der Waals surface area (Å²) in [6.45, 7) is 13.9. The topological polar surface area (TPSA) is 174 Å². The van der Waals surface area contributed by atoms with Crippen LogP contribution in [-0.4, -0.2) is 119 Å². The Morgan fingerprint density at radius 2 is 1.69 bits per heavy atom. The van der Waals surface area contributed by atoms with Gasteiger partial charge in [0.05, 0.1) is 53.1 Å². The number of ether oxygens (including phenoxy) is 3. The van der Waals surface area contributed by atoms with Crippen LogP contribution in [0.5, 0.6) is 5.75 Å². The fraction of sp³-hybridized carbons (Fsp3) is 0.489. The number of piperazine rings is 1. The van der Waals surface area contributed by atoms with Gasteiger partial charge in [0.15, 0.2) is 0 Å². The predicted molar refractivity (Wildman–Crippen MR) is 235 cm³/mol. The molecule has 64 heavy (non-hydrogen) atoms. The summed E-state index contributed by atoms with van der Waals surface area (Å²) in [4.78, 5) is 58.3. The van der Waals surface area contributed by atoms with Crippen molar-refractivity contribution < 1.29 is 46.9 Å². The van der Waals surface area contributed by atoms with E-state index in [1.165, 1.54) is 19.4 Å². The quantitative estimate of drug-likeness (QED) is 0.0951. The molecule has 4 aromatic rings. The molecule has 0 spiro atoms. The van der Waals surface area contributed by atoms with Gasteiger partial charge in [0.2, 0.25) is 18.2 Å². The van der Waals surface area contributed by atoms with Crippen molar-refractivity contribution in [1.82, 2.24) is 30.1 Å². The van der Waals surface area contributed by atoms with Crippen molar-refractivity contribution in [2.45, 2.75) is 78.9 Å². The van der Waals surface area contributed by atoms with Crippen LogP contribution in [-0.2, 0) is 19.1 Å². The third kappa shape index (κ3) is 11.3. The molecule has 0 radical (unpaired) electrons. The van der Waals surface area contributed by atoms with Crippen LogP contribution in [0.2, 0.25) is 5.02 Å². The van der Waals surface area contributed by atoms with E-state index in [0.29, 0.717) is 73.4 Å². The molecule has 0 aliphatic carbocycles. The molecule has 4 N–H and O–H groups in total. The third-order valence-corrected chi connectivity index (χ3v) is 11.7. The summed E-state index contributed by atoms with van der Waals surface area (Å²) >= 11 is 6.59. The summed E-state index contributed by atoms with van der Waals surface area (Å²) in [6, 6.07) is 11.0. The minimum Gasteiger partial charge on any atom is -0.405 e. The molecule has 6 rings (SSSR count). The summed E-state index contributed by atoms with van der Waals surface area (Å²) in [5, 5.41) is 15.5. The van der Waals surface area contributed by atoms with Gasteiger partial charge in [-0.1, -0.05) is 70.5 Å². The highest BCUT2D eigenvalue weighted by molar-refractivity contribution is 6.35. The van der Waals surface area contributed by atoms with E-state index in [2.05, 4.69) is 35.2 Å². The highest BCUT2D eigenvalue weighted by atomic mass is 35.5. The van der Waals surface area contributed by atoms with E-state index < -0.39 is 41.9 Å². The molecule has 2 saturated heterocycles. The predicted octanol–water partition coefficient (Wildman–Crippen LogP) is 7.10. The van der Waals surface area contributed by atoms with Crippen molar-refractivity contribution >= 4 is 40.8 Å². The Kier molecular flexibility index (Phi) is 15.0. The van der Waals surface area contributed by atoms with Crippen LogP contribution in [0.1, 0.15) is 70.2 Å². The van der Waals surface area contributed by atoms with Crippen molar-refractivity contribution in [1.29, 1.82) is 0 Å². The summed E-state index contributed by atoms with van der Waals surface area (Å²) in [6.07, 6.45) is -2.78. The number of aliphatic hydroxyl groups excluding tert-OH is 1. The molecule has 5 atom stereocenters. The largest absolute Gasteiger partial charge is 0.573 e. The Labute approximate surface area is 375 Å². The number of benzene rings is 2. The van der Waals surface area contributed by atoms with Gasteiger partial charge in [-0.3, -0.25) is 19.7 Å². The van der Waals surface area contributed by atoms with Crippen molar-refractivity contribution in [2.75, 3.05) is 57.2 Å². The first kappa shape index (κ1) is 48.2. The number of rotatable bonds is 14. The molecule has 4 heterocycles. The lowest BCUT2D eigenvalue weighted by Crippen LogP contribution is -2.56. The second kappa shape index (κ2) is 19.9. The number of anilines is 2. The molecule has 346 valence electrons. The fourth-order valence-corrected chi connectivity index (χ4v) is 8.41. The molecule has 2 aliphatic rings. The number of carbonyl (C=O) groups excluding carboxylic acids is 3. The SMILES string of the molecule is COCC1CC(c2ncc(-c3ccc(-c4cc(Cl)c(C(=O)Nc5ccc(N6CCN(C(=O)C(C)(C)C)CC6C)nc5)cc4OC(F)(F)F)cc3)[nH]2)N(C(=O)C(NC(O)OC)C(C)C)C1. The number of aromatic amines is 1. The Bertz CT molecular complexity index is 2270. The lowest BCUT2D eigenvalue weighted by atomic mass is 9.94. The van der Waals surface area contributed by atoms with Crippen LogP contribution in [0.3, 0.4) is 0 Å². The van der Waals surface area contributed by atoms with E-state index in [4.69, 9.17) is 21.1 Å². The number of hydrogen-bond acceptors (Lipinski definition) is 11. The number of imidazole rings is 1. The average Bonchev–Trinajstić information content (AvgIpc) is 3.90. The average molecular weight is 913 g/mol. The lowest BCUT2D eigenvalue weighted by molar-refractivity contribution is -0.274. The molecule has 3 amide bonds. The minimum atomic E-state index is -5.09. The minimum absolute atomic E-state index is 0.00337. The molecule has 19 heteroatoms. The summed E-state index contributed by atoms with van der Waals surface area (Å²) in [5.41, 5.74) is 1.13. The van der Waals surface area contributed by atoms with Gasteiger partial charge in [-0.25, -0.2) is 9.97 Å². The summed E-state index contributed by atoms with van der Waals surface area (Å²) in [5.74, 6) is -0.514. The molecule has 2 aromatic heterocycles. The number of nitrogens with one attached hydrogen (secondary N) is 3. The molecule has 0 bridgehead atoms. The molecular formula is C45H56ClF3N8O7. The number of alkyl halides is 3. The summed E-state index contributed by atoms with van der Waals surface area (Å²) < 4.78 is 56.3. The monoisotopic (exact) mass is 912 g/mol. The van der Waals surface area contributed by atoms with Crippen LogP contribution in [0.15, 0.2) is 60.9 Å². The van der Waals surface area contributed by atoms with Crippen LogP contribution in [0, 0.1) is 17.3 Å². The van der Waals surface area contributed by atoms with Crippen LogP contribution in [0.4, 0.5) is 24.7 Å². The third-order valence-electron chi connectivity index (χ3n) is 11.4. The van der Waals surface area contributed by atoms with E-state index in [9.17, 15) is 32.7 Å². The van der Waals surface area contributed by atoms with E-state index in [1.54, 1.807) is 54.6 Å². The zero-order chi connectivity index (χ0) is 46.7. The normalized spacial score (nSPS) is 19.2. The number of nitrogens with zero attached hydrogens (tertiary/aromatic N) is 5. The van der Waals surface area contributed by atoms with E-state index in [-0.39, 0.29) is 45.8 Å². The first-order valence-corrected chi connectivity index (χ1v) is 21.4. The Morgan fingerprint density at radius 3 is 2.28 bits per heavy atom. The number of aromatic nitrogens is 3. The number of carbonyl (C=O) groups is 3. The smallest absolute Gasteiger partial charge is 0.405 e. The Balaban J connectivity index is 1.18. The molecule has 2 aromatic carbocycles. The van der Waals surface area contributed by atoms with Gasteiger partial charge in [-0.15, -0.1) is 13.2 Å². The zero-order valence-corrected chi connectivity index (χ0v) is 37.9. The second-order valence-electron chi connectivity index (χ2n) is 17.6. The van der Waals surface area contributed by atoms with Gasteiger partial charge in [0.1, 0.15) is 17.4 Å². The number of H-pyrrole nitrogens is 1. The number of hydrogen-bond donors (Lipinski definition) is 4. The zero-order valence-electron chi connectivity index (χ0n) is 37.1. The second-order valence-corrected chi connectivity index (χ2v) is 18.0. The first-order valence-electron chi connectivity index (χ1n) is 21.0. The maximum absolute atomic E-state index is 13.9. The number of halogens is 4. The first-order chi connectivity index (χ1) is 30.2. The molecule has 5 unspecified atom stereocenters. The highest BCUT2D eigenvalue weighted by Crippen LogP contribution is 2.40. The number of methoxy groups -OCH3 is 2. The maximum Gasteiger partial charge on any atom is 0.573 e. The van der Waals surface area contributed by atoms with Crippen molar-refractivity contribution in [2.24, 2.45) is 17.3 Å². The van der Waals surface area contributed by atoms with Gasteiger partial charge < -0.3 is 44.3 Å². The van der Waals surface area contributed by atoms with Crippen molar-refractivity contribution in [3.05, 3.63) is 77.3 Å². The summed E-state index contributed by atoms with van der Waals surface area (Å²) in [7, 11) is 2.93. The van der Waals surface area contributed by atoms with Gasteiger partial charge in [-0.2, -0.15) is 0 Å². The highest BCUT2D eigenvalue weighted by Gasteiger charge is 2.41. The number of likely N-dealkylation sites (tertiary alicyclic amines) is 1. The van der Waals surface area contributed by atoms with E-state index in [0.717, 1.165) is 6.07 Å². The fourth-order valence-electron chi connectivity index (χ4n) is 8.16. The molecular weight excluding hydrogens is 857 g/mol. The van der Waals surface area contributed by atoms with Gasteiger partial charge in [0, 0.05) is 63.3 Å². The molecule has 15 nitrogen and oxygen atoms in total. The Hall–Kier alpha value is -5.27. The Morgan fingerprint density at radius 1 is 0.984 bits per heavy atom. The molecule has 0 saturated carbocycles. The number of pyridine rings is 1. The maximum atomic E-state index is 13.9. The lowest BCUT2D eigenvalue weighted by Gasteiger charge is -2.42. The van der Waals surface area contributed by atoms with Gasteiger partial charge in [-0.05, 0) is 54.7 Å². The standard InChI is InChI=1S/C45H56ClF3N8O7/c1-25(2)38(54-43(61)63-8)41(59)57-23-27(24-62-7)17-35(57)39-51-21-34(53-39)29-11-9-28(10-12-29)31-18-33(46)32(19-36(31)64-45(47,48)49)40(58)52-30-13-14-37(50-20-30)56-16-15-55(22-26(56)3)42(60)44(4,5)6/h9-14,18-21,25-27,35,38,43,54,61H,15-17,22-24H2,1-8H3,(H,51,53)(H,52,58). The molecule has 2 aliphatic heterocycles. The van der Waals surface area contributed by atoms with Gasteiger partial charge in [0.25, 0.3) is 5.91 Å². The van der Waals surface area contributed by atoms with Crippen LogP contribution in [0.25, 0.3) is 22.4 Å². The van der Waals surface area contributed by atoms with Crippen LogP contribution >= 0.6 is 11.6 Å². The van der Waals surface area contributed by atoms with Gasteiger partial charge >= 0.3 is 6.36 Å².